The van der Waals surface area contributed by atoms with Crippen LogP contribution in [0.4, 0.5) is 5.69 Å². The summed E-state index contributed by atoms with van der Waals surface area (Å²) in [4.78, 5) is 33.7. The number of esters is 1. The van der Waals surface area contributed by atoms with Gasteiger partial charge in [0.15, 0.2) is 5.58 Å². The Morgan fingerprint density at radius 2 is 2.25 bits per heavy atom. The molecule has 1 unspecified atom stereocenters. The summed E-state index contributed by atoms with van der Waals surface area (Å²) in [5.41, 5.74) is 0.171. The molecule has 0 aliphatic rings. The van der Waals surface area contributed by atoms with Crippen molar-refractivity contribution in [2.45, 2.75) is 19.9 Å². The highest BCUT2D eigenvalue weighted by atomic mass is 16.6. The van der Waals surface area contributed by atoms with Gasteiger partial charge in [0.1, 0.15) is 6.04 Å². The van der Waals surface area contributed by atoms with Crippen molar-refractivity contribution in [1.29, 1.82) is 0 Å². The number of benzene rings is 1. The second-order valence-corrected chi connectivity index (χ2v) is 4.08. The van der Waals surface area contributed by atoms with Crippen LogP contribution in [0.5, 0.6) is 0 Å². The topological polar surface area (TPSA) is 105 Å². The molecule has 106 valence electrons. The van der Waals surface area contributed by atoms with Crippen LogP contribution in [0.1, 0.15) is 19.9 Å². The molecule has 2 rings (SSSR count). The highest BCUT2D eigenvalue weighted by Gasteiger charge is 2.23. The summed E-state index contributed by atoms with van der Waals surface area (Å²) in [5, 5.41) is 10.8. The predicted molar refractivity (Wildman–Crippen MR) is 68.5 cm³/mol. The molecule has 0 N–H and O–H groups in total. The zero-order valence-electron chi connectivity index (χ0n) is 10.9. The van der Waals surface area contributed by atoms with Crippen molar-refractivity contribution in [2.24, 2.45) is 0 Å². The lowest BCUT2D eigenvalue weighted by Gasteiger charge is -2.10. The van der Waals surface area contributed by atoms with Crippen LogP contribution in [0.2, 0.25) is 0 Å². The highest BCUT2D eigenvalue weighted by Crippen LogP contribution is 2.22. The largest absolute Gasteiger partial charge is 0.464 e. The van der Waals surface area contributed by atoms with Gasteiger partial charge in [-0.1, -0.05) is 0 Å². The molecule has 8 nitrogen and oxygen atoms in total. The summed E-state index contributed by atoms with van der Waals surface area (Å²) in [7, 11) is 0. The van der Waals surface area contributed by atoms with E-state index in [0.29, 0.717) is 0 Å². The average Bonchev–Trinajstić information content (AvgIpc) is 2.72. The standard InChI is InChI=1S/C12H12N2O6/c1-3-19-11(15)7(2)13-9-6-8(14(17)18)4-5-10(9)20-12(13)16/h4-7H,3H2,1-2H3. The molecule has 1 aromatic heterocycles. The summed E-state index contributed by atoms with van der Waals surface area (Å²) in [6.07, 6.45) is 0. The molecule has 0 fully saturated rings. The van der Waals surface area contributed by atoms with Gasteiger partial charge >= 0.3 is 11.7 Å². The molecule has 20 heavy (non-hydrogen) atoms. The van der Waals surface area contributed by atoms with Crippen LogP contribution < -0.4 is 5.76 Å². The lowest BCUT2D eigenvalue weighted by Crippen LogP contribution is -2.26. The maximum atomic E-state index is 11.8. The van der Waals surface area contributed by atoms with E-state index < -0.39 is 22.7 Å². The van der Waals surface area contributed by atoms with Gasteiger partial charge in [0, 0.05) is 12.1 Å². The number of hydrogen-bond donors (Lipinski definition) is 0. The molecule has 1 heterocycles. The van der Waals surface area contributed by atoms with Crippen molar-refractivity contribution < 1.29 is 18.9 Å². The first kappa shape index (κ1) is 13.8. The maximum Gasteiger partial charge on any atom is 0.420 e. The van der Waals surface area contributed by atoms with Crippen molar-refractivity contribution >= 4 is 22.8 Å². The Bertz CT molecular complexity index is 729. The molecule has 0 aliphatic carbocycles. The molecular formula is C12H12N2O6. The zero-order chi connectivity index (χ0) is 14.9. The Morgan fingerprint density at radius 1 is 1.55 bits per heavy atom. The fourth-order valence-corrected chi connectivity index (χ4v) is 1.87. The summed E-state index contributed by atoms with van der Waals surface area (Å²) < 4.78 is 10.8. The Labute approximate surface area is 112 Å². The quantitative estimate of drug-likeness (QED) is 0.479. The summed E-state index contributed by atoms with van der Waals surface area (Å²) in [6, 6.07) is 2.81. The molecule has 0 spiro atoms. The van der Waals surface area contributed by atoms with Crippen LogP contribution in [0, 0.1) is 10.1 Å². The van der Waals surface area contributed by atoms with E-state index in [-0.39, 0.29) is 23.4 Å². The Hall–Kier alpha value is -2.64. The van der Waals surface area contributed by atoms with E-state index in [1.807, 2.05) is 0 Å². The molecule has 1 aromatic carbocycles. The predicted octanol–water partition coefficient (Wildman–Crippen LogP) is 1.63. The number of hydrogen-bond acceptors (Lipinski definition) is 6. The van der Waals surface area contributed by atoms with Crippen LogP contribution in [0.3, 0.4) is 0 Å². The van der Waals surface area contributed by atoms with Gasteiger partial charge in [0.05, 0.1) is 17.0 Å². The fourth-order valence-electron chi connectivity index (χ4n) is 1.87. The number of non-ortho nitro benzene ring substituents is 1. The van der Waals surface area contributed by atoms with Crippen molar-refractivity contribution in [3.63, 3.8) is 0 Å². The third-order valence-electron chi connectivity index (χ3n) is 2.82. The van der Waals surface area contributed by atoms with Gasteiger partial charge in [-0.15, -0.1) is 0 Å². The minimum absolute atomic E-state index is 0.174. The SMILES string of the molecule is CCOC(=O)C(C)n1c(=O)oc2ccc([N+](=O)[O-])cc21. The van der Waals surface area contributed by atoms with Gasteiger partial charge < -0.3 is 9.15 Å². The molecule has 0 saturated heterocycles. The molecule has 2 aromatic rings. The van der Waals surface area contributed by atoms with E-state index >= 15 is 0 Å². The first-order valence-corrected chi connectivity index (χ1v) is 5.91. The Kier molecular flexibility index (Phi) is 3.55. The van der Waals surface area contributed by atoms with E-state index in [0.717, 1.165) is 4.57 Å². The first-order valence-electron chi connectivity index (χ1n) is 5.91. The summed E-state index contributed by atoms with van der Waals surface area (Å²) in [5.74, 6) is -1.37. The number of rotatable bonds is 4. The smallest absolute Gasteiger partial charge is 0.420 e. The first-order chi connectivity index (χ1) is 9.45. The number of aromatic nitrogens is 1. The molecule has 8 heteroatoms. The van der Waals surface area contributed by atoms with Gasteiger partial charge in [-0.05, 0) is 19.9 Å². The van der Waals surface area contributed by atoms with E-state index in [2.05, 4.69) is 0 Å². The van der Waals surface area contributed by atoms with Crippen LogP contribution in [0.25, 0.3) is 11.1 Å². The van der Waals surface area contributed by atoms with Crippen molar-refractivity contribution in [3.05, 3.63) is 38.9 Å². The summed E-state index contributed by atoms with van der Waals surface area (Å²) >= 11 is 0. The number of fused-ring (bicyclic) bond motifs is 1. The van der Waals surface area contributed by atoms with Crippen LogP contribution >= 0.6 is 0 Å². The number of nitrogens with zero attached hydrogens (tertiary/aromatic N) is 2. The van der Waals surface area contributed by atoms with E-state index in [1.165, 1.54) is 25.1 Å². The molecular weight excluding hydrogens is 268 g/mol. The zero-order valence-corrected chi connectivity index (χ0v) is 10.9. The summed E-state index contributed by atoms with van der Waals surface area (Å²) in [6.45, 7) is 3.28. The van der Waals surface area contributed by atoms with E-state index in [1.54, 1.807) is 6.92 Å². The lowest BCUT2D eigenvalue weighted by molar-refractivity contribution is -0.384. The lowest BCUT2D eigenvalue weighted by atomic mass is 10.2. The molecule has 0 radical (unpaired) electrons. The van der Waals surface area contributed by atoms with Crippen LogP contribution in [-0.2, 0) is 9.53 Å². The molecule has 0 amide bonds. The fraction of sp³-hybridized carbons (Fsp3) is 0.333. The van der Waals surface area contributed by atoms with Gasteiger partial charge in [0.2, 0.25) is 0 Å². The highest BCUT2D eigenvalue weighted by molar-refractivity contribution is 5.80. The normalized spacial score (nSPS) is 12.3. The van der Waals surface area contributed by atoms with E-state index in [4.69, 9.17) is 9.15 Å². The number of carbonyl (C=O) groups is 1. The number of nitro groups is 1. The van der Waals surface area contributed by atoms with Gasteiger partial charge in [-0.25, -0.2) is 9.59 Å². The van der Waals surface area contributed by atoms with Crippen molar-refractivity contribution in [2.75, 3.05) is 6.61 Å². The second kappa shape index (κ2) is 5.16. The van der Waals surface area contributed by atoms with Gasteiger partial charge in [-0.3, -0.25) is 14.7 Å². The Morgan fingerprint density at radius 3 is 2.85 bits per heavy atom. The third kappa shape index (κ3) is 2.27. The average molecular weight is 280 g/mol. The maximum absolute atomic E-state index is 11.8. The Balaban J connectivity index is 2.59. The van der Waals surface area contributed by atoms with Crippen molar-refractivity contribution in [3.8, 4) is 0 Å². The minimum atomic E-state index is -0.925. The minimum Gasteiger partial charge on any atom is -0.464 e. The number of ether oxygens (including phenoxy) is 1. The number of oxazole rings is 1. The van der Waals surface area contributed by atoms with Crippen LogP contribution in [0.15, 0.2) is 27.4 Å². The van der Waals surface area contributed by atoms with Crippen LogP contribution in [-0.4, -0.2) is 22.1 Å². The van der Waals surface area contributed by atoms with E-state index in [9.17, 15) is 19.7 Å². The molecule has 0 saturated carbocycles. The molecule has 1 atom stereocenters. The van der Waals surface area contributed by atoms with Gasteiger partial charge in [-0.2, -0.15) is 0 Å². The third-order valence-corrected chi connectivity index (χ3v) is 2.82. The number of carbonyl (C=O) groups excluding carboxylic acids is 1. The number of nitro benzene ring substituents is 1. The second-order valence-electron chi connectivity index (χ2n) is 4.08. The van der Waals surface area contributed by atoms with Gasteiger partial charge in [0.25, 0.3) is 5.69 Å². The monoisotopic (exact) mass is 280 g/mol. The molecule has 0 bridgehead atoms. The molecule has 0 aliphatic heterocycles. The van der Waals surface area contributed by atoms with Crippen molar-refractivity contribution in [1.82, 2.24) is 4.57 Å².